The molecular weight excluding hydrogens is 240 g/mol. The average molecular weight is 282 g/mol. The summed E-state index contributed by atoms with van der Waals surface area (Å²) in [6, 6.07) is 0. The van der Waals surface area contributed by atoms with Crippen LogP contribution in [0.4, 0.5) is 0 Å². The molecule has 0 nitrogen and oxygen atoms in total. The first-order valence-corrected chi connectivity index (χ1v) is 9.41. The van der Waals surface area contributed by atoms with Gasteiger partial charge in [0.05, 0.1) is 0 Å². The van der Waals surface area contributed by atoms with Gasteiger partial charge in [0.2, 0.25) is 0 Å². The van der Waals surface area contributed by atoms with Crippen LogP contribution in [-0.4, -0.2) is 0 Å². The molecule has 0 spiro atoms. The Morgan fingerprint density at radius 3 is 1.40 bits per heavy atom. The van der Waals surface area contributed by atoms with Crippen LogP contribution in [0.1, 0.15) is 98.8 Å². The largest absolute Gasteiger partial charge is 0.0654 e. The molecule has 0 fully saturated rings. The van der Waals surface area contributed by atoms with Crippen molar-refractivity contribution in [2.75, 3.05) is 0 Å². The standard InChI is InChI=1S/C20H41/c1-7-11-13-18(9-3)15-20(17(5)6)16-19(10-4)14-12-8-2/h17-20H,5,7-16H2,1-4,6H3. The molecule has 1 radical (unpaired) electrons. The minimum Gasteiger partial charge on any atom is -0.0654 e. The van der Waals surface area contributed by atoms with Crippen LogP contribution in [0, 0.1) is 30.6 Å². The van der Waals surface area contributed by atoms with Crippen molar-refractivity contribution in [3.8, 4) is 0 Å². The van der Waals surface area contributed by atoms with E-state index in [2.05, 4.69) is 41.5 Å². The monoisotopic (exact) mass is 281 g/mol. The molecule has 0 rings (SSSR count). The van der Waals surface area contributed by atoms with Gasteiger partial charge in [-0.3, -0.25) is 0 Å². The fourth-order valence-electron chi connectivity index (χ4n) is 3.38. The summed E-state index contributed by atoms with van der Waals surface area (Å²) in [5.74, 6) is 3.33. The zero-order valence-electron chi connectivity index (χ0n) is 15.1. The molecule has 0 aliphatic heterocycles. The van der Waals surface area contributed by atoms with Crippen LogP contribution in [0.5, 0.6) is 0 Å². The van der Waals surface area contributed by atoms with Crippen molar-refractivity contribution in [3.05, 3.63) is 6.92 Å². The molecule has 0 aliphatic carbocycles. The molecule has 0 N–H and O–H groups in total. The van der Waals surface area contributed by atoms with Gasteiger partial charge >= 0.3 is 0 Å². The Morgan fingerprint density at radius 2 is 1.15 bits per heavy atom. The number of unbranched alkanes of at least 4 members (excludes halogenated alkanes) is 2. The first-order chi connectivity index (χ1) is 9.58. The number of rotatable bonds is 13. The van der Waals surface area contributed by atoms with Gasteiger partial charge in [0, 0.05) is 0 Å². The maximum absolute atomic E-state index is 4.37. The summed E-state index contributed by atoms with van der Waals surface area (Å²) in [7, 11) is 0. The second kappa shape index (κ2) is 12.7. The first kappa shape index (κ1) is 20.0. The summed E-state index contributed by atoms with van der Waals surface area (Å²) < 4.78 is 0. The lowest BCUT2D eigenvalue weighted by molar-refractivity contribution is 0.233. The van der Waals surface area contributed by atoms with Crippen LogP contribution in [0.25, 0.3) is 0 Å². The maximum Gasteiger partial charge on any atom is -0.0383 e. The molecule has 3 unspecified atom stereocenters. The third-order valence-electron chi connectivity index (χ3n) is 5.16. The fourth-order valence-corrected chi connectivity index (χ4v) is 3.38. The van der Waals surface area contributed by atoms with Gasteiger partial charge < -0.3 is 0 Å². The zero-order valence-corrected chi connectivity index (χ0v) is 15.1. The third-order valence-corrected chi connectivity index (χ3v) is 5.16. The molecule has 0 saturated carbocycles. The molecule has 0 aromatic carbocycles. The van der Waals surface area contributed by atoms with Crippen molar-refractivity contribution in [3.63, 3.8) is 0 Å². The van der Waals surface area contributed by atoms with Crippen molar-refractivity contribution in [2.45, 2.75) is 98.8 Å². The summed E-state index contributed by atoms with van der Waals surface area (Å²) in [4.78, 5) is 0. The van der Waals surface area contributed by atoms with Gasteiger partial charge in [0.25, 0.3) is 0 Å². The van der Waals surface area contributed by atoms with Crippen LogP contribution < -0.4 is 0 Å². The number of hydrogen-bond acceptors (Lipinski definition) is 0. The van der Waals surface area contributed by atoms with Crippen molar-refractivity contribution in [2.24, 2.45) is 23.7 Å². The lowest BCUT2D eigenvalue weighted by Gasteiger charge is -2.29. The Kier molecular flexibility index (Phi) is 12.7. The SMILES string of the molecule is [CH2]C(C)C(CC(CC)CCCC)CC(CC)CCCC. The van der Waals surface area contributed by atoms with Crippen LogP contribution in [0.2, 0.25) is 0 Å². The van der Waals surface area contributed by atoms with Gasteiger partial charge in [-0.15, -0.1) is 0 Å². The average Bonchev–Trinajstić information content (AvgIpc) is 2.45. The minimum atomic E-state index is 0.612. The lowest BCUT2D eigenvalue weighted by atomic mass is 9.77. The van der Waals surface area contributed by atoms with E-state index >= 15 is 0 Å². The maximum atomic E-state index is 4.37. The second-order valence-corrected chi connectivity index (χ2v) is 7.04. The molecule has 0 aliphatic rings. The minimum absolute atomic E-state index is 0.612. The Bertz CT molecular complexity index is 176. The predicted molar refractivity (Wildman–Crippen MR) is 93.9 cm³/mol. The van der Waals surface area contributed by atoms with Gasteiger partial charge in [-0.25, -0.2) is 0 Å². The highest BCUT2D eigenvalue weighted by atomic mass is 14.3. The van der Waals surface area contributed by atoms with Crippen LogP contribution >= 0.6 is 0 Å². The van der Waals surface area contributed by atoms with E-state index in [-0.39, 0.29) is 0 Å². The van der Waals surface area contributed by atoms with Gasteiger partial charge in [0.1, 0.15) is 0 Å². The molecule has 0 heterocycles. The summed E-state index contributed by atoms with van der Waals surface area (Å²) >= 11 is 0. The van der Waals surface area contributed by atoms with Gasteiger partial charge in [-0.1, -0.05) is 92.9 Å². The third kappa shape index (κ3) is 9.03. The second-order valence-electron chi connectivity index (χ2n) is 7.04. The molecule has 20 heavy (non-hydrogen) atoms. The molecule has 121 valence electrons. The molecule has 0 saturated heterocycles. The van der Waals surface area contributed by atoms with Crippen LogP contribution in [0.3, 0.4) is 0 Å². The Morgan fingerprint density at radius 1 is 0.750 bits per heavy atom. The molecule has 0 aromatic rings. The summed E-state index contributed by atoms with van der Waals surface area (Å²) in [6.45, 7) is 16.1. The Hall–Kier alpha value is 0. The van der Waals surface area contributed by atoms with E-state index in [1.807, 2.05) is 0 Å². The van der Waals surface area contributed by atoms with Crippen molar-refractivity contribution < 1.29 is 0 Å². The van der Waals surface area contributed by atoms with E-state index < -0.39 is 0 Å². The molecular formula is C20H41. The van der Waals surface area contributed by atoms with E-state index in [1.165, 1.54) is 64.2 Å². The summed E-state index contributed by atoms with van der Waals surface area (Å²) in [5, 5.41) is 0. The molecule has 0 heteroatoms. The summed E-state index contributed by atoms with van der Waals surface area (Å²) in [5.41, 5.74) is 0. The molecule has 3 atom stereocenters. The Balaban J connectivity index is 4.37. The highest BCUT2D eigenvalue weighted by Gasteiger charge is 2.21. The van der Waals surface area contributed by atoms with E-state index in [0.717, 1.165) is 17.8 Å². The molecule has 0 aromatic heterocycles. The normalized spacial score (nSPS) is 16.4. The van der Waals surface area contributed by atoms with Gasteiger partial charge in [0.15, 0.2) is 0 Å². The van der Waals surface area contributed by atoms with Crippen molar-refractivity contribution in [1.82, 2.24) is 0 Å². The van der Waals surface area contributed by atoms with E-state index in [4.69, 9.17) is 0 Å². The smallest absolute Gasteiger partial charge is 0.0383 e. The van der Waals surface area contributed by atoms with E-state index in [9.17, 15) is 0 Å². The van der Waals surface area contributed by atoms with Crippen molar-refractivity contribution in [1.29, 1.82) is 0 Å². The predicted octanol–water partition coefficient (Wildman–Crippen LogP) is 7.29. The first-order valence-electron chi connectivity index (χ1n) is 9.41. The fraction of sp³-hybridized carbons (Fsp3) is 0.950. The van der Waals surface area contributed by atoms with Crippen LogP contribution in [0.15, 0.2) is 0 Å². The quantitative estimate of drug-likeness (QED) is 0.332. The lowest BCUT2D eigenvalue weighted by Crippen LogP contribution is -2.18. The topological polar surface area (TPSA) is 0 Å². The van der Waals surface area contributed by atoms with Crippen LogP contribution in [-0.2, 0) is 0 Å². The highest BCUT2D eigenvalue weighted by molar-refractivity contribution is 4.75. The highest BCUT2D eigenvalue weighted by Crippen LogP contribution is 2.33. The van der Waals surface area contributed by atoms with Gasteiger partial charge in [-0.2, -0.15) is 0 Å². The Labute approximate surface area is 130 Å². The zero-order chi connectivity index (χ0) is 15.4. The van der Waals surface area contributed by atoms with Crippen molar-refractivity contribution >= 4 is 0 Å². The number of hydrogen-bond donors (Lipinski definition) is 0. The van der Waals surface area contributed by atoms with E-state index in [1.54, 1.807) is 0 Å². The van der Waals surface area contributed by atoms with Gasteiger partial charge in [-0.05, 0) is 36.5 Å². The molecule has 0 amide bonds. The summed E-state index contributed by atoms with van der Waals surface area (Å²) in [6.07, 6.45) is 13.9. The van der Waals surface area contributed by atoms with E-state index in [0.29, 0.717) is 5.92 Å². The molecule has 0 bridgehead atoms.